The zero-order valence-corrected chi connectivity index (χ0v) is 14.8. The van der Waals surface area contributed by atoms with Gasteiger partial charge in [0.2, 0.25) is 0 Å². The van der Waals surface area contributed by atoms with Gasteiger partial charge in [0.05, 0.1) is 26.8 Å². The summed E-state index contributed by atoms with van der Waals surface area (Å²) < 4.78 is 0. The molecule has 2 aromatic carbocycles. The van der Waals surface area contributed by atoms with E-state index in [4.69, 9.17) is 23.2 Å². The van der Waals surface area contributed by atoms with Crippen molar-refractivity contribution in [3.63, 3.8) is 0 Å². The molecule has 2 heterocycles. The number of hydrogen-bond acceptors (Lipinski definition) is 3. The van der Waals surface area contributed by atoms with Crippen molar-refractivity contribution in [1.29, 1.82) is 0 Å². The van der Waals surface area contributed by atoms with Crippen LogP contribution in [-0.2, 0) is 0 Å². The topological polar surface area (TPSA) is 70.7 Å². The fourth-order valence-electron chi connectivity index (χ4n) is 2.56. The van der Waals surface area contributed by atoms with Gasteiger partial charge in [0, 0.05) is 0 Å². The third-order valence-corrected chi connectivity index (χ3v) is 4.44. The lowest BCUT2D eigenvalue weighted by atomic mass is 10.2. The van der Waals surface area contributed by atoms with E-state index in [0.717, 1.165) is 11.0 Å². The van der Waals surface area contributed by atoms with E-state index in [1.165, 1.54) is 0 Å². The number of hydrogen-bond donors (Lipinski definition) is 2. The highest BCUT2D eigenvalue weighted by atomic mass is 35.5. The van der Waals surface area contributed by atoms with Crippen LogP contribution in [0, 0.1) is 0 Å². The van der Waals surface area contributed by atoms with Gasteiger partial charge in [-0.1, -0.05) is 47.5 Å². The van der Waals surface area contributed by atoms with E-state index >= 15 is 0 Å². The SMILES string of the molecule is O=C(Nc1c(Cl)cccc1Cl)c1cccc(-c2nc3ccccc3[nH]2)n1. The third kappa shape index (κ3) is 3.14. The van der Waals surface area contributed by atoms with Crippen molar-refractivity contribution < 1.29 is 4.79 Å². The van der Waals surface area contributed by atoms with Crippen LogP contribution in [0.1, 0.15) is 10.5 Å². The standard InChI is InChI=1S/C19H12Cl2N4O/c20-11-5-3-6-12(21)17(11)25-19(26)16-10-4-9-15(22-16)18-23-13-7-1-2-8-14(13)24-18/h1-10H,(H,23,24)(H,25,26). The average molecular weight is 383 g/mol. The molecule has 0 saturated carbocycles. The number of H-pyrrole nitrogens is 1. The van der Waals surface area contributed by atoms with Crippen LogP contribution < -0.4 is 5.32 Å². The van der Waals surface area contributed by atoms with Crippen LogP contribution in [0.15, 0.2) is 60.7 Å². The van der Waals surface area contributed by atoms with E-state index in [0.29, 0.717) is 27.3 Å². The molecule has 2 aromatic heterocycles. The molecule has 26 heavy (non-hydrogen) atoms. The van der Waals surface area contributed by atoms with E-state index in [2.05, 4.69) is 20.3 Å². The molecule has 0 radical (unpaired) electrons. The molecule has 0 unspecified atom stereocenters. The maximum absolute atomic E-state index is 12.6. The van der Waals surface area contributed by atoms with Crippen LogP contribution in [0.3, 0.4) is 0 Å². The Labute approximate surface area is 159 Å². The summed E-state index contributed by atoms with van der Waals surface area (Å²) in [5.41, 5.74) is 2.90. The van der Waals surface area contributed by atoms with E-state index in [9.17, 15) is 4.79 Å². The molecule has 0 atom stereocenters. The number of aromatic nitrogens is 3. The maximum atomic E-state index is 12.6. The summed E-state index contributed by atoms with van der Waals surface area (Å²) in [6, 6.07) is 17.9. The summed E-state index contributed by atoms with van der Waals surface area (Å²) in [7, 11) is 0. The van der Waals surface area contributed by atoms with E-state index in [1.54, 1.807) is 36.4 Å². The van der Waals surface area contributed by atoms with Crippen LogP contribution in [0.25, 0.3) is 22.6 Å². The minimum atomic E-state index is -0.405. The summed E-state index contributed by atoms with van der Waals surface area (Å²) in [6.07, 6.45) is 0. The second-order valence-electron chi connectivity index (χ2n) is 5.56. The Kier molecular flexibility index (Phi) is 4.32. The number of carbonyl (C=O) groups excluding carboxylic acids is 1. The van der Waals surface area contributed by atoms with E-state index in [-0.39, 0.29) is 5.69 Å². The number of halogens is 2. The number of imidazole rings is 1. The van der Waals surface area contributed by atoms with Crippen LogP contribution >= 0.6 is 23.2 Å². The molecule has 0 aliphatic heterocycles. The molecular weight excluding hydrogens is 371 g/mol. The van der Waals surface area contributed by atoms with E-state index < -0.39 is 5.91 Å². The highest BCUT2D eigenvalue weighted by Gasteiger charge is 2.14. The Balaban J connectivity index is 1.66. The molecule has 7 heteroatoms. The van der Waals surface area contributed by atoms with Crippen molar-refractivity contribution in [3.8, 4) is 11.5 Å². The number of amides is 1. The van der Waals surface area contributed by atoms with E-state index in [1.807, 2.05) is 24.3 Å². The minimum Gasteiger partial charge on any atom is -0.337 e. The normalized spacial score (nSPS) is 10.8. The number of pyridine rings is 1. The number of nitrogens with zero attached hydrogens (tertiary/aromatic N) is 2. The lowest BCUT2D eigenvalue weighted by Crippen LogP contribution is -2.14. The number of rotatable bonds is 3. The number of fused-ring (bicyclic) bond motifs is 1. The summed E-state index contributed by atoms with van der Waals surface area (Å²) in [5.74, 6) is 0.189. The summed E-state index contributed by atoms with van der Waals surface area (Å²) in [4.78, 5) is 24.7. The van der Waals surface area contributed by atoms with Gasteiger partial charge >= 0.3 is 0 Å². The number of nitrogens with one attached hydrogen (secondary N) is 2. The molecule has 0 aliphatic rings. The first-order chi connectivity index (χ1) is 12.6. The number of para-hydroxylation sites is 3. The van der Waals surface area contributed by atoms with Gasteiger partial charge in [-0.15, -0.1) is 0 Å². The predicted octanol–water partition coefficient (Wildman–Crippen LogP) is 5.18. The Bertz CT molecular complexity index is 1070. The van der Waals surface area contributed by atoms with Crippen LogP contribution in [0.4, 0.5) is 5.69 Å². The second kappa shape index (κ2) is 6.78. The molecule has 128 valence electrons. The van der Waals surface area contributed by atoms with Crippen LogP contribution in [0.2, 0.25) is 10.0 Å². The molecule has 4 rings (SSSR count). The van der Waals surface area contributed by atoms with Gasteiger partial charge in [-0.25, -0.2) is 9.97 Å². The quantitative estimate of drug-likeness (QED) is 0.512. The summed E-state index contributed by atoms with van der Waals surface area (Å²) in [6.45, 7) is 0. The Morgan fingerprint density at radius 1 is 0.885 bits per heavy atom. The lowest BCUT2D eigenvalue weighted by Gasteiger charge is -2.09. The van der Waals surface area contributed by atoms with Crippen molar-refractivity contribution >= 4 is 45.8 Å². The predicted molar refractivity (Wildman–Crippen MR) is 104 cm³/mol. The molecule has 0 bridgehead atoms. The van der Waals surface area contributed by atoms with Crippen molar-refractivity contribution in [2.75, 3.05) is 5.32 Å². The van der Waals surface area contributed by atoms with Crippen molar-refractivity contribution in [2.45, 2.75) is 0 Å². The first-order valence-electron chi connectivity index (χ1n) is 7.79. The number of carbonyl (C=O) groups is 1. The largest absolute Gasteiger partial charge is 0.337 e. The van der Waals surface area contributed by atoms with Crippen LogP contribution in [0.5, 0.6) is 0 Å². The Morgan fingerprint density at radius 2 is 1.62 bits per heavy atom. The molecule has 0 saturated heterocycles. The minimum absolute atomic E-state index is 0.235. The Morgan fingerprint density at radius 3 is 2.38 bits per heavy atom. The molecular formula is C19H12Cl2N4O. The number of anilines is 1. The highest BCUT2D eigenvalue weighted by molar-refractivity contribution is 6.40. The van der Waals surface area contributed by atoms with Crippen molar-refractivity contribution in [3.05, 3.63) is 76.4 Å². The average Bonchev–Trinajstić information content (AvgIpc) is 3.09. The number of aromatic amines is 1. The highest BCUT2D eigenvalue weighted by Crippen LogP contribution is 2.30. The smallest absolute Gasteiger partial charge is 0.274 e. The van der Waals surface area contributed by atoms with Crippen LogP contribution in [-0.4, -0.2) is 20.9 Å². The fraction of sp³-hybridized carbons (Fsp3) is 0. The van der Waals surface area contributed by atoms with Gasteiger partial charge in [-0.3, -0.25) is 4.79 Å². The zero-order valence-electron chi connectivity index (χ0n) is 13.3. The molecule has 5 nitrogen and oxygen atoms in total. The first-order valence-corrected chi connectivity index (χ1v) is 8.55. The van der Waals surface area contributed by atoms with Gasteiger partial charge in [-0.05, 0) is 36.4 Å². The third-order valence-electron chi connectivity index (χ3n) is 3.82. The molecule has 4 aromatic rings. The fourth-order valence-corrected chi connectivity index (χ4v) is 3.05. The summed E-state index contributed by atoms with van der Waals surface area (Å²) >= 11 is 12.2. The van der Waals surface area contributed by atoms with Gasteiger partial charge in [0.25, 0.3) is 5.91 Å². The second-order valence-corrected chi connectivity index (χ2v) is 6.38. The Hall–Kier alpha value is -2.89. The molecule has 0 aliphatic carbocycles. The molecule has 2 N–H and O–H groups in total. The lowest BCUT2D eigenvalue weighted by molar-refractivity contribution is 0.102. The first kappa shape index (κ1) is 16.6. The van der Waals surface area contributed by atoms with Gasteiger partial charge in [-0.2, -0.15) is 0 Å². The van der Waals surface area contributed by atoms with Gasteiger partial charge in [0.15, 0.2) is 5.82 Å². The molecule has 0 spiro atoms. The van der Waals surface area contributed by atoms with Gasteiger partial charge < -0.3 is 10.3 Å². The zero-order chi connectivity index (χ0) is 18.1. The monoisotopic (exact) mass is 382 g/mol. The summed E-state index contributed by atoms with van der Waals surface area (Å²) in [5, 5.41) is 3.43. The van der Waals surface area contributed by atoms with Crippen molar-refractivity contribution in [1.82, 2.24) is 15.0 Å². The molecule has 0 fully saturated rings. The maximum Gasteiger partial charge on any atom is 0.274 e. The molecule has 1 amide bonds. The van der Waals surface area contributed by atoms with Gasteiger partial charge in [0.1, 0.15) is 11.4 Å². The van der Waals surface area contributed by atoms with Crippen molar-refractivity contribution in [2.24, 2.45) is 0 Å². The number of benzene rings is 2.